The molecule has 1 saturated heterocycles. The summed E-state index contributed by atoms with van der Waals surface area (Å²) in [6, 6.07) is 7.58. The second kappa shape index (κ2) is 9.66. The Labute approximate surface area is 164 Å². The molecule has 2 aromatic rings. The minimum absolute atomic E-state index is 0.0156. The largest absolute Gasteiger partial charge is 0.497 e. The zero-order valence-electron chi connectivity index (χ0n) is 16.4. The van der Waals surface area contributed by atoms with E-state index in [1.54, 1.807) is 11.8 Å². The van der Waals surface area contributed by atoms with E-state index in [4.69, 9.17) is 9.47 Å². The molecule has 1 aromatic carbocycles. The number of rotatable bonds is 8. The number of methoxy groups -OCH3 is 1. The van der Waals surface area contributed by atoms with E-state index in [0.717, 1.165) is 36.3 Å². The third kappa shape index (κ3) is 5.08. The molecule has 0 saturated carbocycles. The molecule has 2 heterocycles. The van der Waals surface area contributed by atoms with E-state index in [1.165, 1.54) is 0 Å². The van der Waals surface area contributed by atoms with Crippen molar-refractivity contribution in [2.75, 3.05) is 13.7 Å². The lowest BCUT2D eigenvalue weighted by atomic mass is 9.97. The Morgan fingerprint density at radius 1 is 1.43 bits per heavy atom. The Bertz CT molecular complexity index is 779. The fourth-order valence-corrected chi connectivity index (χ4v) is 3.42. The average Bonchev–Trinajstić information content (AvgIpc) is 3.22. The molecule has 1 aliphatic rings. The van der Waals surface area contributed by atoms with Crippen molar-refractivity contribution in [2.24, 2.45) is 0 Å². The molecule has 0 radical (unpaired) electrons. The molecule has 152 valence electrons. The van der Waals surface area contributed by atoms with Gasteiger partial charge in [-0.25, -0.2) is 0 Å². The number of aromatic nitrogens is 3. The van der Waals surface area contributed by atoms with Crippen molar-refractivity contribution < 1.29 is 19.4 Å². The van der Waals surface area contributed by atoms with Crippen molar-refractivity contribution in [2.45, 2.75) is 57.4 Å². The van der Waals surface area contributed by atoms with Crippen LogP contribution in [0.1, 0.15) is 32.6 Å². The maximum atomic E-state index is 11.6. The third-order valence-corrected chi connectivity index (χ3v) is 5.05. The molecule has 2 N–H and O–H groups in total. The number of hydrogen-bond acceptors (Lipinski definition) is 6. The zero-order valence-corrected chi connectivity index (χ0v) is 16.4. The number of aryl methyl sites for hydroxylation is 1. The maximum absolute atomic E-state index is 11.6. The maximum Gasteiger partial charge on any atom is 0.220 e. The van der Waals surface area contributed by atoms with Crippen molar-refractivity contribution >= 4 is 5.91 Å². The Kier molecular flexibility index (Phi) is 7.00. The molecule has 0 aliphatic carbocycles. The molecule has 8 nitrogen and oxygen atoms in total. The SMILES string of the molecule is CCC(=O)N[C@@H]1CC[C@@H](CCn2cc(-c3cccc(OC)c3)nn2)O[C@H]1CO. The summed E-state index contributed by atoms with van der Waals surface area (Å²) in [7, 11) is 1.64. The van der Waals surface area contributed by atoms with Gasteiger partial charge in [0.15, 0.2) is 0 Å². The highest BCUT2D eigenvalue weighted by molar-refractivity contribution is 5.75. The lowest BCUT2D eigenvalue weighted by molar-refractivity contribution is -0.128. The minimum atomic E-state index is -0.364. The molecule has 0 spiro atoms. The van der Waals surface area contributed by atoms with E-state index < -0.39 is 0 Å². The number of hydrogen-bond donors (Lipinski definition) is 2. The van der Waals surface area contributed by atoms with Crippen LogP contribution in [0.15, 0.2) is 30.5 Å². The number of carbonyl (C=O) groups is 1. The monoisotopic (exact) mass is 388 g/mol. The average molecular weight is 388 g/mol. The first-order chi connectivity index (χ1) is 13.6. The topological polar surface area (TPSA) is 98.5 Å². The van der Waals surface area contributed by atoms with Gasteiger partial charge < -0.3 is 19.9 Å². The number of amides is 1. The van der Waals surface area contributed by atoms with Crippen LogP contribution in [0.2, 0.25) is 0 Å². The van der Waals surface area contributed by atoms with Crippen LogP contribution in [-0.2, 0) is 16.1 Å². The fourth-order valence-electron chi connectivity index (χ4n) is 3.42. The van der Waals surface area contributed by atoms with Crippen LogP contribution in [0.25, 0.3) is 11.3 Å². The van der Waals surface area contributed by atoms with Crippen molar-refractivity contribution in [3.63, 3.8) is 0 Å². The third-order valence-electron chi connectivity index (χ3n) is 5.05. The molecule has 28 heavy (non-hydrogen) atoms. The first kappa shape index (κ1) is 20.3. The van der Waals surface area contributed by atoms with Gasteiger partial charge in [0, 0.05) is 18.5 Å². The van der Waals surface area contributed by atoms with Crippen molar-refractivity contribution in [3.05, 3.63) is 30.5 Å². The van der Waals surface area contributed by atoms with Crippen LogP contribution in [-0.4, -0.2) is 58.0 Å². The lowest BCUT2D eigenvalue weighted by Gasteiger charge is -2.36. The normalized spacial score (nSPS) is 22.0. The highest BCUT2D eigenvalue weighted by Crippen LogP contribution is 2.24. The lowest BCUT2D eigenvalue weighted by Crippen LogP contribution is -2.50. The van der Waals surface area contributed by atoms with Gasteiger partial charge in [-0.15, -0.1) is 5.10 Å². The van der Waals surface area contributed by atoms with Crippen LogP contribution in [0, 0.1) is 0 Å². The molecule has 1 aromatic heterocycles. The van der Waals surface area contributed by atoms with Crippen molar-refractivity contribution in [1.82, 2.24) is 20.3 Å². The Morgan fingerprint density at radius 3 is 3.04 bits per heavy atom. The van der Waals surface area contributed by atoms with Gasteiger partial charge in [-0.05, 0) is 31.4 Å². The number of ether oxygens (including phenoxy) is 2. The highest BCUT2D eigenvalue weighted by Gasteiger charge is 2.31. The van der Waals surface area contributed by atoms with Gasteiger partial charge in [0.25, 0.3) is 0 Å². The molecule has 8 heteroatoms. The van der Waals surface area contributed by atoms with Gasteiger partial charge in [0.1, 0.15) is 17.5 Å². The number of nitrogens with one attached hydrogen (secondary N) is 1. The van der Waals surface area contributed by atoms with E-state index in [1.807, 2.05) is 37.4 Å². The summed E-state index contributed by atoms with van der Waals surface area (Å²) in [6.07, 6.45) is 4.40. The van der Waals surface area contributed by atoms with Crippen LogP contribution in [0.4, 0.5) is 0 Å². The summed E-state index contributed by atoms with van der Waals surface area (Å²) < 4.78 is 13.0. The second-order valence-electron chi connectivity index (χ2n) is 6.97. The van der Waals surface area contributed by atoms with Gasteiger partial charge in [-0.1, -0.05) is 24.3 Å². The minimum Gasteiger partial charge on any atom is -0.497 e. The van der Waals surface area contributed by atoms with Crippen molar-refractivity contribution in [3.8, 4) is 17.0 Å². The molecule has 0 bridgehead atoms. The van der Waals surface area contributed by atoms with Gasteiger partial charge in [-0.2, -0.15) is 0 Å². The number of aliphatic hydroxyl groups excluding tert-OH is 1. The summed E-state index contributed by atoms with van der Waals surface area (Å²) in [5, 5.41) is 21.0. The van der Waals surface area contributed by atoms with E-state index in [-0.39, 0.29) is 30.8 Å². The number of benzene rings is 1. The molecule has 1 aliphatic heterocycles. The molecule has 0 unspecified atom stereocenters. The summed E-state index contributed by atoms with van der Waals surface area (Å²) in [5.41, 5.74) is 1.74. The van der Waals surface area contributed by atoms with Gasteiger partial charge in [0.2, 0.25) is 5.91 Å². The summed E-state index contributed by atoms with van der Waals surface area (Å²) in [4.78, 5) is 11.6. The molecule has 1 fully saturated rings. The fraction of sp³-hybridized carbons (Fsp3) is 0.550. The first-order valence-corrected chi connectivity index (χ1v) is 9.73. The van der Waals surface area contributed by atoms with E-state index in [2.05, 4.69) is 15.6 Å². The van der Waals surface area contributed by atoms with Crippen LogP contribution < -0.4 is 10.1 Å². The smallest absolute Gasteiger partial charge is 0.220 e. The molecular weight excluding hydrogens is 360 g/mol. The highest BCUT2D eigenvalue weighted by atomic mass is 16.5. The zero-order chi connectivity index (χ0) is 19.9. The van der Waals surface area contributed by atoms with Crippen molar-refractivity contribution in [1.29, 1.82) is 0 Å². The summed E-state index contributed by atoms with van der Waals surface area (Å²) >= 11 is 0. The van der Waals surface area contributed by atoms with Gasteiger partial charge in [0.05, 0.1) is 32.1 Å². The number of nitrogens with zero attached hydrogens (tertiary/aromatic N) is 3. The Hall–Kier alpha value is -2.45. The summed E-state index contributed by atoms with van der Waals surface area (Å²) in [6.45, 7) is 2.38. The molecular formula is C20H28N4O4. The molecule has 1 amide bonds. The molecule has 3 rings (SSSR count). The first-order valence-electron chi connectivity index (χ1n) is 9.73. The van der Waals surface area contributed by atoms with Gasteiger partial charge >= 0.3 is 0 Å². The standard InChI is InChI=1S/C20H28N4O4/c1-3-20(26)21-17-8-7-15(28-19(17)13-25)9-10-24-12-18(22-23-24)14-5-4-6-16(11-14)27-2/h4-6,11-12,15,17,19,25H,3,7-10,13H2,1-2H3,(H,21,26)/t15-,17+,19-/m0/s1. The van der Waals surface area contributed by atoms with Crippen LogP contribution in [0.3, 0.4) is 0 Å². The van der Waals surface area contributed by atoms with Crippen LogP contribution >= 0.6 is 0 Å². The quantitative estimate of drug-likeness (QED) is 0.715. The van der Waals surface area contributed by atoms with Gasteiger partial charge in [-0.3, -0.25) is 9.48 Å². The Morgan fingerprint density at radius 2 is 2.29 bits per heavy atom. The predicted octanol–water partition coefficient (Wildman–Crippen LogP) is 1.78. The number of aliphatic hydroxyl groups is 1. The summed E-state index contributed by atoms with van der Waals surface area (Å²) in [5.74, 6) is 0.764. The second-order valence-corrected chi connectivity index (χ2v) is 6.97. The Balaban J connectivity index is 1.53. The predicted molar refractivity (Wildman–Crippen MR) is 104 cm³/mol. The van der Waals surface area contributed by atoms with E-state index in [9.17, 15) is 9.90 Å². The van der Waals surface area contributed by atoms with E-state index >= 15 is 0 Å². The van der Waals surface area contributed by atoms with Crippen LogP contribution in [0.5, 0.6) is 5.75 Å². The van der Waals surface area contributed by atoms with E-state index in [0.29, 0.717) is 13.0 Å². The molecule has 3 atom stereocenters. The number of carbonyl (C=O) groups excluding carboxylic acids is 1.